The first-order valence-corrected chi connectivity index (χ1v) is 5.67. The molecule has 1 heterocycles. The molecule has 0 spiro atoms. The van der Waals surface area contributed by atoms with Crippen molar-refractivity contribution in [2.24, 2.45) is 5.14 Å². The van der Waals surface area contributed by atoms with Crippen molar-refractivity contribution in [3.63, 3.8) is 0 Å². The summed E-state index contributed by atoms with van der Waals surface area (Å²) in [6.45, 7) is 0. The number of primary sulfonamides is 1. The van der Waals surface area contributed by atoms with Gasteiger partial charge < -0.3 is 9.15 Å². The normalized spacial score (nSPS) is 11.9. The third-order valence-corrected chi connectivity index (χ3v) is 2.77. The number of furan rings is 1. The number of nitrogens with two attached hydrogens (primary N) is 1. The third kappa shape index (κ3) is 1.57. The van der Waals surface area contributed by atoms with Crippen LogP contribution in [0, 0.1) is 0 Å². The molecule has 80 valence electrons. The van der Waals surface area contributed by atoms with Gasteiger partial charge in [-0.3, -0.25) is 0 Å². The van der Waals surface area contributed by atoms with Crippen LogP contribution in [0.25, 0.3) is 11.0 Å². The Labute approximate surface area is 86.5 Å². The molecule has 0 aliphatic rings. The highest BCUT2D eigenvalue weighted by Crippen LogP contribution is 2.34. The van der Waals surface area contributed by atoms with Gasteiger partial charge in [0.05, 0.1) is 12.5 Å². The predicted octanol–water partition coefficient (Wildman–Crippen LogP) is 1.09. The topological polar surface area (TPSA) is 82.5 Å². The number of benzene rings is 1. The molecule has 5 nitrogen and oxygen atoms in total. The fourth-order valence-electron chi connectivity index (χ4n) is 1.38. The molecule has 0 unspecified atom stereocenters. The fourth-order valence-corrected chi connectivity index (χ4v) is 2.04. The first kappa shape index (κ1) is 10.0. The average Bonchev–Trinajstić information content (AvgIpc) is 2.55. The summed E-state index contributed by atoms with van der Waals surface area (Å²) in [7, 11) is -2.53. The Hall–Kier alpha value is -1.53. The molecule has 0 saturated heterocycles. The van der Waals surface area contributed by atoms with Gasteiger partial charge in [0, 0.05) is 0 Å². The highest BCUT2D eigenvalue weighted by atomic mass is 32.2. The number of para-hydroxylation sites is 1. The van der Waals surface area contributed by atoms with E-state index in [9.17, 15) is 8.42 Å². The van der Waals surface area contributed by atoms with Crippen molar-refractivity contribution in [1.82, 2.24) is 0 Å². The van der Waals surface area contributed by atoms with Gasteiger partial charge >= 0.3 is 0 Å². The van der Waals surface area contributed by atoms with E-state index in [0.717, 1.165) is 0 Å². The van der Waals surface area contributed by atoms with Crippen molar-refractivity contribution in [2.45, 2.75) is 5.09 Å². The summed E-state index contributed by atoms with van der Waals surface area (Å²) < 4.78 is 32.5. The fraction of sp³-hybridized carbons (Fsp3) is 0.111. The van der Waals surface area contributed by atoms with Gasteiger partial charge in [0.25, 0.3) is 15.1 Å². The zero-order valence-electron chi connectivity index (χ0n) is 7.93. The minimum Gasteiger partial charge on any atom is -0.491 e. The van der Waals surface area contributed by atoms with Gasteiger partial charge in [-0.15, -0.1) is 0 Å². The first-order chi connectivity index (χ1) is 7.04. The first-order valence-electron chi connectivity index (χ1n) is 4.12. The molecule has 0 atom stereocenters. The van der Waals surface area contributed by atoms with E-state index in [2.05, 4.69) is 0 Å². The standard InChI is InChI=1S/C9H9NO4S/c1-13-8-6-4-2-3-5-7(6)14-9(8)15(10,11)12/h2-5H,1H3,(H2,10,11,12). The summed E-state index contributed by atoms with van der Waals surface area (Å²) in [4.78, 5) is 0. The van der Waals surface area contributed by atoms with Crippen LogP contribution in [0.1, 0.15) is 0 Å². The monoisotopic (exact) mass is 227 g/mol. The van der Waals surface area contributed by atoms with Crippen LogP contribution >= 0.6 is 0 Å². The largest absolute Gasteiger partial charge is 0.491 e. The zero-order chi connectivity index (χ0) is 11.1. The Morgan fingerprint density at radius 3 is 2.60 bits per heavy atom. The Morgan fingerprint density at radius 1 is 1.33 bits per heavy atom. The molecular weight excluding hydrogens is 218 g/mol. The maximum Gasteiger partial charge on any atom is 0.276 e. The molecule has 0 bridgehead atoms. The highest BCUT2D eigenvalue weighted by molar-refractivity contribution is 7.89. The van der Waals surface area contributed by atoms with Crippen molar-refractivity contribution in [2.75, 3.05) is 7.11 Å². The predicted molar refractivity (Wildman–Crippen MR) is 54.1 cm³/mol. The number of fused-ring (bicyclic) bond motifs is 1. The SMILES string of the molecule is COc1c(S(N)(=O)=O)oc2ccccc12. The maximum absolute atomic E-state index is 11.2. The number of sulfonamides is 1. The molecule has 0 fully saturated rings. The van der Waals surface area contributed by atoms with E-state index < -0.39 is 10.0 Å². The average molecular weight is 227 g/mol. The lowest BCUT2D eigenvalue weighted by Crippen LogP contribution is -2.12. The molecule has 1 aromatic heterocycles. The van der Waals surface area contributed by atoms with E-state index in [1.807, 2.05) is 0 Å². The summed E-state index contributed by atoms with van der Waals surface area (Å²) in [5.74, 6) is 0.146. The Bertz CT molecular complexity index is 600. The van der Waals surface area contributed by atoms with Crippen LogP contribution in [0.5, 0.6) is 5.75 Å². The summed E-state index contributed by atoms with van der Waals surface area (Å²) in [6.07, 6.45) is 0. The summed E-state index contributed by atoms with van der Waals surface area (Å²) in [6, 6.07) is 6.84. The van der Waals surface area contributed by atoms with Gasteiger partial charge in [-0.05, 0) is 12.1 Å². The van der Waals surface area contributed by atoms with Crippen molar-refractivity contribution in [3.05, 3.63) is 24.3 Å². The van der Waals surface area contributed by atoms with Crippen LogP contribution in [0.2, 0.25) is 0 Å². The molecule has 0 radical (unpaired) electrons. The van der Waals surface area contributed by atoms with Crippen LogP contribution in [0.15, 0.2) is 33.8 Å². The highest BCUT2D eigenvalue weighted by Gasteiger charge is 2.23. The van der Waals surface area contributed by atoms with Crippen molar-refractivity contribution in [3.8, 4) is 5.75 Å². The summed E-state index contributed by atoms with van der Waals surface area (Å²) >= 11 is 0. The summed E-state index contributed by atoms with van der Waals surface area (Å²) in [5, 5.41) is 5.24. The molecule has 6 heteroatoms. The Morgan fingerprint density at radius 2 is 2.00 bits per heavy atom. The number of rotatable bonds is 2. The molecule has 1 aromatic carbocycles. The molecule has 0 aliphatic carbocycles. The van der Waals surface area contributed by atoms with Crippen molar-refractivity contribution in [1.29, 1.82) is 0 Å². The molecule has 0 aliphatic heterocycles. The molecule has 2 rings (SSSR count). The quantitative estimate of drug-likeness (QED) is 0.832. The van der Waals surface area contributed by atoms with Crippen LogP contribution < -0.4 is 9.88 Å². The van der Waals surface area contributed by atoms with E-state index in [4.69, 9.17) is 14.3 Å². The number of ether oxygens (including phenoxy) is 1. The van der Waals surface area contributed by atoms with Crippen LogP contribution in [0.4, 0.5) is 0 Å². The lowest BCUT2D eigenvalue weighted by molar-refractivity contribution is 0.372. The third-order valence-electron chi connectivity index (χ3n) is 1.98. The molecule has 2 N–H and O–H groups in total. The minimum atomic E-state index is -3.90. The number of hydrogen-bond acceptors (Lipinski definition) is 4. The minimum absolute atomic E-state index is 0.146. The second kappa shape index (κ2) is 3.25. The lowest BCUT2D eigenvalue weighted by atomic mass is 10.2. The van der Waals surface area contributed by atoms with Gasteiger partial charge in [0.15, 0.2) is 5.75 Å². The van der Waals surface area contributed by atoms with Crippen LogP contribution in [0.3, 0.4) is 0 Å². The molecule has 0 amide bonds. The van der Waals surface area contributed by atoms with E-state index in [-0.39, 0.29) is 10.8 Å². The van der Waals surface area contributed by atoms with Crippen LogP contribution in [-0.4, -0.2) is 15.5 Å². The zero-order valence-corrected chi connectivity index (χ0v) is 8.74. The van der Waals surface area contributed by atoms with E-state index >= 15 is 0 Å². The summed E-state index contributed by atoms with van der Waals surface area (Å²) in [5.41, 5.74) is 0.429. The molecular formula is C9H9NO4S. The molecule has 15 heavy (non-hydrogen) atoms. The maximum atomic E-state index is 11.2. The van der Waals surface area contributed by atoms with Crippen molar-refractivity contribution >= 4 is 21.0 Å². The molecule has 0 saturated carbocycles. The molecule has 2 aromatic rings. The number of methoxy groups -OCH3 is 1. The van der Waals surface area contributed by atoms with Gasteiger partial charge in [-0.25, -0.2) is 13.6 Å². The van der Waals surface area contributed by atoms with Gasteiger partial charge in [0.1, 0.15) is 5.58 Å². The Kier molecular flexibility index (Phi) is 2.17. The van der Waals surface area contributed by atoms with Crippen molar-refractivity contribution < 1.29 is 17.6 Å². The second-order valence-electron chi connectivity index (χ2n) is 2.96. The number of hydrogen-bond donors (Lipinski definition) is 1. The van der Waals surface area contributed by atoms with Gasteiger partial charge in [0.2, 0.25) is 0 Å². The Balaban J connectivity index is 2.87. The second-order valence-corrected chi connectivity index (χ2v) is 4.42. The smallest absolute Gasteiger partial charge is 0.276 e. The lowest BCUT2D eigenvalue weighted by Gasteiger charge is -1.97. The van der Waals surface area contributed by atoms with E-state index in [0.29, 0.717) is 11.0 Å². The van der Waals surface area contributed by atoms with Gasteiger partial charge in [-0.2, -0.15) is 0 Å². The van der Waals surface area contributed by atoms with E-state index in [1.54, 1.807) is 24.3 Å². The van der Waals surface area contributed by atoms with E-state index in [1.165, 1.54) is 7.11 Å². The van der Waals surface area contributed by atoms with Gasteiger partial charge in [-0.1, -0.05) is 12.1 Å². The van der Waals surface area contributed by atoms with Crippen LogP contribution in [-0.2, 0) is 10.0 Å².